The predicted octanol–water partition coefficient (Wildman–Crippen LogP) is 4.36. The van der Waals surface area contributed by atoms with Gasteiger partial charge < -0.3 is 10.2 Å². The summed E-state index contributed by atoms with van der Waals surface area (Å²) >= 11 is 5.94. The van der Waals surface area contributed by atoms with E-state index in [1.807, 2.05) is 24.5 Å². The van der Waals surface area contributed by atoms with Gasteiger partial charge in [0.05, 0.1) is 29.8 Å². The number of aromatic nitrogens is 1. The van der Waals surface area contributed by atoms with Crippen LogP contribution in [0, 0.1) is 0 Å². The molecule has 0 radical (unpaired) electrons. The van der Waals surface area contributed by atoms with Crippen molar-refractivity contribution in [3.8, 4) is 0 Å². The first-order valence-electron chi connectivity index (χ1n) is 6.79. The van der Waals surface area contributed by atoms with E-state index < -0.39 is 0 Å². The summed E-state index contributed by atoms with van der Waals surface area (Å²) in [6, 6.07) is 10.3. The van der Waals surface area contributed by atoms with Crippen molar-refractivity contribution in [1.29, 1.82) is 0 Å². The quantitative estimate of drug-likeness (QED) is 0.886. The molecule has 0 bridgehead atoms. The summed E-state index contributed by atoms with van der Waals surface area (Å²) in [4.78, 5) is 6.49. The van der Waals surface area contributed by atoms with E-state index in [0.717, 1.165) is 22.9 Å². The Labute approximate surface area is 125 Å². The molecule has 0 fully saturated rings. The van der Waals surface area contributed by atoms with Gasteiger partial charge in [0.2, 0.25) is 0 Å². The van der Waals surface area contributed by atoms with Crippen LogP contribution in [-0.4, -0.2) is 18.6 Å². The number of anilines is 2. The maximum Gasteiger partial charge on any atom is 0.0575 e. The highest BCUT2D eigenvalue weighted by atomic mass is 35.5. The fraction of sp³-hybridized carbons (Fsp3) is 0.312. The van der Waals surface area contributed by atoms with Crippen LogP contribution < -0.4 is 10.2 Å². The molecule has 0 aliphatic rings. The van der Waals surface area contributed by atoms with Gasteiger partial charge in [0.15, 0.2) is 0 Å². The number of nitrogens with one attached hydrogen (secondary N) is 1. The Morgan fingerprint density at radius 1 is 1.25 bits per heavy atom. The lowest BCUT2D eigenvalue weighted by Crippen LogP contribution is -2.21. The molecule has 0 saturated heterocycles. The van der Waals surface area contributed by atoms with Gasteiger partial charge in [-0.25, -0.2) is 0 Å². The van der Waals surface area contributed by atoms with E-state index in [1.165, 1.54) is 5.56 Å². The van der Waals surface area contributed by atoms with Crippen molar-refractivity contribution in [2.75, 3.05) is 23.8 Å². The second-order valence-corrected chi connectivity index (χ2v) is 5.24. The number of nitrogens with zero attached hydrogens (tertiary/aromatic N) is 2. The molecule has 4 heteroatoms. The second-order valence-electron chi connectivity index (χ2n) is 4.80. The van der Waals surface area contributed by atoms with Crippen LogP contribution in [0.4, 0.5) is 11.4 Å². The average molecular weight is 290 g/mol. The maximum absolute atomic E-state index is 5.94. The molecule has 0 amide bonds. The first kappa shape index (κ1) is 14.7. The van der Waals surface area contributed by atoms with Gasteiger partial charge in [-0.15, -0.1) is 0 Å². The highest BCUT2D eigenvalue weighted by molar-refractivity contribution is 6.30. The minimum atomic E-state index is 0.256. The highest BCUT2D eigenvalue weighted by Crippen LogP contribution is 2.27. The molecule has 1 unspecified atom stereocenters. The van der Waals surface area contributed by atoms with Crippen molar-refractivity contribution in [3.63, 3.8) is 0 Å². The van der Waals surface area contributed by atoms with Gasteiger partial charge in [0, 0.05) is 18.6 Å². The van der Waals surface area contributed by atoms with Crippen molar-refractivity contribution < 1.29 is 0 Å². The standard InChI is InChI=1S/C16H20ClN3/c1-4-19-15-9-16(11-18-10-15)20(3)12(2)13-5-7-14(17)8-6-13/h5-12,19H,4H2,1-3H3. The Morgan fingerprint density at radius 3 is 2.60 bits per heavy atom. The van der Waals surface area contributed by atoms with Gasteiger partial charge in [0.1, 0.15) is 0 Å². The van der Waals surface area contributed by atoms with Crippen molar-refractivity contribution in [2.45, 2.75) is 19.9 Å². The van der Waals surface area contributed by atoms with Crippen molar-refractivity contribution in [3.05, 3.63) is 53.3 Å². The Morgan fingerprint density at radius 2 is 1.95 bits per heavy atom. The third kappa shape index (κ3) is 3.42. The molecule has 3 nitrogen and oxygen atoms in total. The SMILES string of the molecule is CCNc1cncc(N(C)C(C)c2ccc(Cl)cc2)c1. The molecule has 0 aliphatic heterocycles. The minimum absolute atomic E-state index is 0.256. The Kier molecular flexibility index (Phi) is 4.85. The third-order valence-corrected chi connectivity index (χ3v) is 3.70. The van der Waals surface area contributed by atoms with Crippen LogP contribution in [0.2, 0.25) is 5.02 Å². The molecule has 0 aliphatic carbocycles. The summed E-state index contributed by atoms with van der Waals surface area (Å²) in [5.41, 5.74) is 3.36. The molecular weight excluding hydrogens is 270 g/mol. The van der Waals surface area contributed by atoms with Gasteiger partial charge in [-0.3, -0.25) is 4.98 Å². The normalized spacial score (nSPS) is 12.0. The molecular formula is C16H20ClN3. The van der Waals surface area contributed by atoms with E-state index in [4.69, 9.17) is 11.6 Å². The summed E-state index contributed by atoms with van der Waals surface area (Å²) in [6.45, 7) is 5.14. The largest absolute Gasteiger partial charge is 0.384 e. The molecule has 2 rings (SSSR count). The monoisotopic (exact) mass is 289 g/mol. The van der Waals surface area contributed by atoms with Gasteiger partial charge in [-0.1, -0.05) is 23.7 Å². The molecule has 1 heterocycles. The van der Waals surface area contributed by atoms with Crippen LogP contribution in [-0.2, 0) is 0 Å². The lowest BCUT2D eigenvalue weighted by Gasteiger charge is -2.27. The molecule has 0 saturated carbocycles. The topological polar surface area (TPSA) is 28.2 Å². The van der Waals surface area contributed by atoms with Crippen LogP contribution in [0.5, 0.6) is 0 Å². The molecule has 106 valence electrons. The first-order chi connectivity index (χ1) is 9.61. The molecule has 20 heavy (non-hydrogen) atoms. The van der Waals surface area contributed by atoms with Crippen molar-refractivity contribution >= 4 is 23.0 Å². The summed E-state index contributed by atoms with van der Waals surface area (Å²) < 4.78 is 0. The zero-order valence-electron chi connectivity index (χ0n) is 12.1. The molecule has 1 atom stereocenters. The van der Waals surface area contributed by atoms with Crippen molar-refractivity contribution in [1.82, 2.24) is 4.98 Å². The molecule has 1 aromatic carbocycles. The van der Waals surface area contributed by atoms with Gasteiger partial charge in [0.25, 0.3) is 0 Å². The van der Waals surface area contributed by atoms with Gasteiger partial charge in [-0.05, 0) is 37.6 Å². The predicted molar refractivity (Wildman–Crippen MR) is 86.7 cm³/mol. The number of hydrogen-bond donors (Lipinski definition) is 1. The lowest BCUT2D eigenvalue weighted by atomic mass is 10.1. The summed E-state index contributed by atoms with van der Waals surface area (Å²) in [5.74, 6) is 0. The number of rotatable bonds is 5. The summed E-state index contributed by atoms with van der Waals surface area (Å²) in [6.07, 6.45) is 3.72. The fourth-order valence-electron chi connectivity index (χ4n) is 2.11. The molecule has 2 aromatic rings. The van der Waals surface area contributed by atoms with E-state index in [2.05, 4.69) is 54.3 Å². The van der Waals surface area contributed by atoms with Crippen LogP contribution in [0.3, 0.4) is 0 Å². The van der Waals surface area contributed by atoms with Gasteiger partial charge >= 0.3 is 0 Å². The van der Waals surface area contributed by atoms with E-state index in [1.54, 1.807) is 0 Å². The first-order valence-corrected chi connectivity index (χ1v) is 7.17. The minimum Gasteiger partial charge on any atom is -0.384 e. The van der Waals surface area contributed by atoms with Crippen LogP contribution in [0.25, 0.3) is 0 Å². The average Bonchev–Trinajstić information content (AvgIpc) is 2.47. The van der Waals surface area contributed by atoms with Gasteiger partial charge in [-0.2, -0.15) is 0 Å². The summed E-state index contributed by atoms with van der Waals surface area (Å²) in [5, 5.41) is 4.05. The second kappa shape index (κ2) is 6.62. The lowest BCUT2D eigenvalue weighted by molar-refractivity contribution is 0.738. The van der Waals surface area contributed by atoms with E-state index in [0.29, 0.717) is 0 Å². The summed E-state index contributed by atoms with van der Waals surface area (Å²) in [7, 11) is 2.08. The zero-order chi connectivity index (χ0) is 14.5. The third-order valence-electron chi connectivity index (χ3n) is 3.45. The zero-order valence-corrected chi connectivity index (χ0v) is 12.9. The van der Waals surface area contributed by atoms with Crippen LogP contribution >= 0.6 is 11.6 Å². The fourth-order valence-corrected chi connectivity index (χ4v) is 2.24. The Hall–Kier alpha value is -1.74. The van der Waals surface area contributed by atoms with E-state index in [9.17, 15) is 0 Å². The molecule has 0 spiro atoms. The van der Waals surface area contributed by atoms with Crippen LogP contribution in [0.15, 0.2) is 42.7 Å². The smallest absolute Gasteiger partial charge is 0.0575 e. The van der Waals surface area contributed by atoms with Crippen LogP contribution in [0.1, 0.15) is 25.5 Å². The number of pyridine rings is 1. The van der Waals surface area contributed by atoms with Crippen molar-refractivity contribution in [2.24, 2.45) is 0 Å². The Bertz CT molecular complexity index is 554. The number of hydrogen-bond acceptors (Lipinski definition) is 3. The Balaban J connectivity index is 2.19. The van der Waals surface area contributed by atoms with E-state index >= 15 is 0 Å². The number of benzene rings is 1. The highest BCUT2D eigenvalue weighted by Gasteiger charge is 2.13. The molecule has 1 aromatic heterocycles. The maximum atomic E-state index is 5.94. The molecule has 1 N–H and O–H groups in total. The number of halogens is 1. The van der Waals surface area contributed by atoms with E-state index in [-0.39, 0.29) is 6.04 Å².